The summed E-state index contributed by atoms with van der Waals surface area (Å²) in [5, 5.41) is 0. The third kappa shape index (κ3) is 3.02. The van der Waals surface area contributed by atoms with E-state index in [2.05, 4.69) is 0 Å². The topological polar surface area (TPSA) is 56.3 Å². The van der Waals surface area contributed by atoms with Crippen LogP contribution in [-0.4, -0.2) is 24.0 Å². The van der Waals surface area contributed by atoms with Crippen LogP contribution >= 0.6 is 0 Å². The maximum atomic E-state index is 9.68. The van der Waals surface area contributed by atoms with Gasteiger partial charge in [-0.25, -0.2) is 6.29 Å². The predicted octanol–water partition coefficient (Wildman–Crippen LogP) is -2.90. The molecule has 9 heavy (non-hydrogen) atoms. The van der Waals surface area contributed by atoms with Crippen molar-refractivity contribution >= 4 is 6.29 Å². The average molecular weight is 123 g/mol. The SMILES string of the molecule is C[C@@H]1CC([C-]=O)O1.[Li+].[OH-]. The van der Waals surface area contributed by atoms with Crippen molar-refractivity contribution in [2.24, 2.45) is 0 Å². The van der Waals surface area contributed by atoms with E-state index in [-0.39, 0.29) is 36.5 Å². The second-order valence-corrected chi connectivity index (χ2v) is 1.79. The van der Waals surface area contributed by atoms with Gasteiger partial charge in [0, 0.05) is 0 Å². The maximum Gasteiger partial charge on any atom is 1.00 e. The van der Waals surface area contributed by atoms with Crippen molar-refractivity contribution in [3.05, 3.63) is 0 Å². The van der Waals surface area contributed by atoms with Crippen LogP contribution in [0.1, 0.15) is 13.3 Å². The molecule has 1 N–H and O–H groups in total. The minimum Gasteiger partial charge on any atom is -0.870 e. The van der Waals surface area contributed by atoms with Crippen LogP contribution in [-0.2, 0) is 9.53 Å². The smallest absolute Gasteiger partial charge is 0.870 e. The molecule has 0 aromatic heterocycles. The summed E-state index contributed by atoms with van der Waals surface area (Å²) in [5.74, 6) is 0. The first-order chi connectivity index (χ1) is 3.33. The molecule has 0 aromatic carbocycles. The van der Waals surface area contributed by atoms with Crippen LogP contribution < -0.4 is 18.9 Å². The summed E-state index contributed by atoms with van der Waals surface area (Å²) in [5.41, 5.74) is 0. The molecule has 4 heteroatoms. The third-order valence-corrected chi connectivity index (χ3v) is 1.07. The van der Waals surface area contributed by atoms with Gasteiger partial charge in [-0.05, 0) is 19.4 Å². The monoisotopic (exact) mass is 123 g/mol. The fraction of sp³-hybridized carbons (Fsp3) is 0.800. The van der Waals surface area contributed by atoms with E-state index in [1.807, 2.05) is 6.92 Å². The largest absolute Gasteiger partial charge is 1.00 e. The first-order valence-electron chi connectivity index (χ1n) is 2.36. The van der Waals surface area contributed by atoms with Gasteiger partial charge in [0.1, 0.15) is 0 Å². The van der Waals surface area contributed by atoms with Crippen molar-refractivity contribution in [2.45, 2.75) is 25.6 Å². The Kier molecular flexibility index (Phi) is 6.64. The van der Waals surface area contributed by atoms with Crippen LogP contribution in [0.4, 0.5) is 0 Å². The Bertz CT molecular complexity index is 80.3. The van der Waals surface area contributed by atoms with Gasteiger partial charge in [0.25, 0.3) is 0 Å². The summed E-state index contributed by atoms with van der Waals surface area (Å²) in [6.45, 7) is 1.94. The van der Waals surface area contributed by atoms with Crippen LogP contribution in [0.5, 0.6) is 0 Å². The zero-order chi connectivity index (χ0) is 5.28. The van der Waals surface area contributed by atoms with Crippen molar-refractivity contribution in [3.63, 3.8) is 0 Å². The molecule has 1 unspecified atom stereocenters. The summed E-state index contributed by atoms with van der Waals surface area (Å²) in [7, 11) is 0. The van der Waals surface area contributed by atoms with E-state index in [0.29, 0.717) is 0 Å². The van der Waals surface area contributed by atoms with Crippen molar-refractivity contribution < 1.29 is 33.9 Å². The summed E-state index contributed by atoms with van der Waals surface area (Å²) in [6.07, 6.45) is 2.68. The zero-order valence-electron chi connectivity index (χ0n) is 5.63. The van der Waals surface area contributed by atoms with Crippen molar-refractivity contribution in [1.29, 1.82) is 0 Å². The Balaban J connectivity index is 0. The van der Waals surface area contributed by atoms with Gasteiger partial charge >= 0.3 is 18.9 Å². The van der Waals surface area contributed by atoms with E-state index >= 15 is 0 Å². The standard InChI is InChI=1S/C5H7O2.Li.H2O/c1-4-2-5(3-6)7-4;;/h4-5H,2H2,1H3;;1H2/q-1;+1;/p-1/t4-,5?;;/m1../s1. The molecular formula is C5H8LiO3-. The summed E-state index contributed by atoms with van der Waals surface area (Å²) >= 11 is 0. The molecule has 0 amide bonds. The van der Waals surface area contributed by atoms with Gasteiger partial charge in [0.2, 0.25) is 0 Å². The minimum atomic E-state index is -0.213. The van der Waals surface area contributed by atoms with E-state index in [0.717, 1.165) is 6.42 Å². The van der Waals surface area contributed by atoms with Crippen molar-refractivity contribution in [2.75, 3.05) is 0 Å². The molecule has 1 rings (SSSR count). The molecule has 48 valence electrons. The van der Waals surface area contributed by atoms with E-state index < -0.39 is 0 Å². The van der Waals surface area contributed by atoms with Gasteiger partial charge < -0.3 is 15.0 Å². The van der Waals surface area contributed by atoms with Gasteiger partial charge in [-0.1, -0.05) is 0 Å². The summed E-state index contributed by atoms with van der Waals surface area (Å²) in [4.78, 5) is 9.68. The number of carbonyl (C=O) groups excluding carboxylic acids is 1. The maximum absolute atomic E-state index is 9.68. The second-order valence-electron chi connectivity index (χ2n) is 1.79. The Morgan fingerprint density at radius 2 is 2.11 bits per heavy atom. The number of hydrogen-bond acceptors (Lipinski definition) is 3. The number of hydrogen-bond donors (Lipinski definition) is 0. The Labute approximate surface area is 66.2 Å². The van der Waals surface area contributed by atoms with Crippen LogP contribution in [0.2, 0.25) is 0 Å². The van der Waals surface area contributed by atoms with E-state index in [9.17, 15) is 4.79 Å². The molecule has 0 aliphatic carbocycles. The number of ether oxygens (including phenoxy) is 1. The minimum absolute atomic E-state index is 0. The molecule has 0 bridgehead atoms. The fourth-order valence-electron chi connectivity index (χ4n) is 0.647. The molecule has 0 aromatic rings. The van der Waals surface area contributed by atoms with Crippen molar-refractivity contribution in [1.82, 2.24) is 0 Å². The summed E-state index contributed by atoms with van der Waals surface area (Å²) < 4.78 is 4.86. The zero-order valence-corrected chi connectivity index (χ0v) is 5.63. The first kappa shape index (κ1) is 11.9. The molecule has 3 nitrogen and oxygen atoms in total. The van der Waals surface area contributed by atoms with E-state index in [4.69, 9.17) is 4.74 Å². The molecule has 1 aliphatic rings. The van der Waals surface area contributed by atoms with Crippen molar-refractivity contribution in [3.8, 4) is 0 Å². The first-order valence-corrected chi connectivity index (χ1v) is 2.36. The van der Waals surface area contributed by atoms with Crippen LogP contribution in [0.15, 0.2) is 0 Å². The Hall–Kier alpha value is 0.187. The quantitative estimate of drug-likeness (QED) is 0.277. The van der Waals surface area contributed by atoms with Crippen LogP contribution in [0.3, 0.4) is 0 Å². The van der Waals surface area contributed by atoms with Gasteiger partial charge in [-0.3, -0.25) is 0 Å². The molecular weight excluding hydrogens is 115 g/mol. The number of rotatable bonds is 1. The van der Waals surface area contributed by atoms with E-state index in [1.54, 1.807) is 6.29 Å². The average Bonchev–Trinajstić information content (AvgIpc) is 1.58. The van der Waals surface area contributed by atoms with Gasteiger partial charge in [-0.2, -0.15) is 0 Å². The Morgan fingerprint density at radius 3 is 2.22 bits per heavy atom. The van der Waals surface area contributed by atoms with E-state index in [1.165, 1.54) is 0 Å². The molecule has 1 aliphatic heterocycles. The molecule has 1 fully saturated rings. The van der Waals surface area contributed by atoms with Gasteiger partial charge in [0.05, 0.1) is 6.10 Å². The third-order valence-electron chi connectivity index (χ3n) is 1.07. The predicted molar refractivity (Wildman–Crippen MR) is 26.6 cm³/mol. The Morgan fingerprint density at radius 1 is 1.67 bits per heavy atom. The molecule has 0 saturated carbocycles. The normalized spacial score (nSPS) is 30.8. The molecule has 1 saturated heterocycles. The summed E-state index contributed by atoms with van der Waals surface area (Å²) in [6, 6.07) is 0. The fourth-order valence-corrected chi connectivity index (χ4v) is 0.647. The van der Waals surface area contributed by atoms with Gasteiger partial charge in [0.15, 0.2) is 0 Å². The molecule has 0 radical (unpaired) electrons. The second kappa shape index (κ2) is 5.01. The molecule has 1 heterocycles. The van der Waals surface area contributed by atoms with Crippen LogP contribution in [0.25, 0.3) is 0 Å². The van der Waals surface area contributed by atoms with Gasteiger partial charge in [-0.15, -0.1) is 0 Å². The van der Waals surface area contributed by atoms with Crippen LogP contribution in [0, 0.1) is 0 Å². The molecule has 0 spiro atoms. The molecule has 2 atom stereocenters.